The summed E-state index contributed by atoms with van der Waals surface area (Å²) in [5, 5.41) is 10.1. The molecule has 25 heavy (non-hydrogen) atoms. The van der Waals surface area contributed by atoms with Crippen molar-refractivity contribution in [2.45, 2.75) is 19.9 Å². The molecule has 0 atom stereocenters. The minimum absolute atomic E-state index is 0.0800. The van der Waals surface area contributed by atoms with Crippen molar-refractivity contribution in [2.24, 2.45) is 4.99 Å². The second-order valence-corrected chi connectivity index (χ2v) is 6.05. The van der Waals surface area contributed by atoms with Crippen LogP contribution in [0.3, 0.4) is 0 Å². The molecular weight excluding hydrogens is 336 g/mol. The molecule has 0 aliphatic rings. The van der Waals surface area contributed by atoms with Crippen LogP contribution in [0.1, 0.15) is 18.1 Å². The zero-order valence-corrected chi connectivity index (χ0v) is 15.2. The van der Waals surface area contributed by atoms with E-state index in [-0.39, 0.29) is 5.91 Å². The fraction of sp³-hybridized carbons (Fsp3) is 0.263. The summed E-state index contributed by atoms with van der Waals surface area (Å²) >= 11 is 5.99. The summed E-state index contributed by atoms with van der Waals surface area (Å²) in [5.41, 5.74) is 3.03. The van der Waals surface area contributed by atoms with E-state index in [1.165, 1.54) is 12.5 Å². The monoisotopic (exact) mass is 358 g/mol. The van der Waals surface area contributed by atoms with Crippen molar-refractivity contribution in [3.8, 4) is 0 Å². The molecule has 0 heterocycles. The second-order valence-electron chi connectivity index (χ2n) is 5.61. The Morgan fingerprint density at radius 3 is 2.56 bits per heavy atom. The van der Waals surface area contributed by atoms with Gasteiger partial charge in [-0.3, -0.25) is 9.79 Å². The molecule has 1 amide bonds. The molecule has 0 saturated heterocycles. The fourth-order valence-corrected chi connectivity index (χ4v) is 2.60. The Balaban J connectivity index is 1.81. The first-order valence-electron chi connectivity index (χ1n) is 8.12. The molecule has 0 radical (unpaired) electrons. The van der Waals surface area contributed by atoms with E-state index in [0.29, 0.717) is 6.54 Å². The van der Waals surface area contributed by atoms with Crippen LogP contribution in [0.25, 0.3) is 0 Å². The molecule has 5 nitrogen and oxygen atoms in total. The first kappa shape index (κ1) is 18.8. The van der Waals surface area contributed by atoms with Crippen LogP contribution in [-0.2, 0) is 17.8 Å². The molecule has 6 heteroatoms. The van der Waals surface area contributed by atoms with Gasteiger partial charge in [0.1, 0.15) is 0 Å². The maximum absolute atomic E-state index is 11.1. The summed E-state index contributed by atoms with van der Waals surface area (Å²) in [4.78, 5) is 15.4. The van der Waals surface area contributed by atoms with Crippen molar-refractivity contribution in [2.75, 3.05) is 18.9 Å². The third-order valence-corrected chi connectivity index (χ3v) is 3.76. The summed E-state index contributed by atoms with van der Waals surface area (Å²) in [5.74, 6) is 0.649. The average Bonchev–Trinajstić information content (AvgIpc) is 2.58. The van der Waals surface area contributed by atoms with Crippen LogP contribution in [0.2, 0.25) is 5.02 Å². The first-order chi connectivity index (χ1) is 12.1. The average molecular weight is 359 g/mol. The normalized spacial score (nSPS) is 11.1. The molecule has 0 fully saturated rings. The van der Waals surface area contributed by atoms with Crippen LogP contribution in [0.15, 0.2) is 53.5 Å². The standard InChI is InChI=1S/C19H23ClN4O/c1-14(25)24-18-8-4-6-16(12-18)13-23-19(21-2)22-10-9-15-5-3-7-17(20)11-15/h3-8,11-12H,9-10,13H2,1-2H3,(H,24,25)(H2,21,22,23). The molecule has 0 aliphatic heterocycles. The van der Waals surface area contributed by atoms with Crippen LogP contribution in [0, 0.1) is 0 Å². The van der Waals surface area contributed by atoms with E-state index in [9.17, 15) is 4.79 Å². The number of halogens is 1. The molecule has 0 spiro atoms. The minimum atomic E-state index is -0.0800. The number of benzene rings is 2. The molecular formula is C19H23ClN4O. The predicted molar refractivity (Wildman–Crippen MR) is 104 cm³/mol. The maximum atomic E-state index is 11.1. The fourth-order valence-electron chi connectivity index (χ4n) is 2.39. The number of hydrogen-bond donors (Lipinski definition) is 3. The van der Waals surface area contributed by atoms with Gasteiger partial charge in [-0.15, -0.1) is 0 Å². The minimum Gasteiger partial charge on any atom is -0.356 e. The lowest BCUT2D eigenvalue weighted by Gasteiger charge is -2.13. The van der Waals surface area contributed by atoms with Crippen molar-refractivity contribution in [1.29, 1.82) is 0 Å². The summed E-state index contributed by atoms with van der Waals surface area (Å²) in [7, 11) is 1.74. The van der Waals surface area contributed by atoms with Crippen molar-refractivity contribution in [3.05, 3.63) is 64.7 Å². The molecule has 3 N–H and O–H groups in total. The van der Waals surface area contributed by atoms with Gasteiger partial charge in [-0.2, -0.15) is 0 Å². The van der Waals surface area contributed by atoms with Gasteiger partial charge in [0.15, 0.2) is 5.96 Å². The zero-order valence-electron chi connectivity index (χ0n) is 14.5. The molecule has 0 unspecified atom stereocenters. The van der Waals surface area contributed by atoms with E-state index >= 15 is 0 Å². The van der Waals surface area contributed by atoms with Gasteiger partial charge < -0.3 is 16.0 Å². The van der Waals surface area contributed by atoms with Crippen LogP contribution < -0.4 is 16.0 Å². The van der Waals surface area contributed by atoms with Gasteiger partial charge >= 0.3 is 0 Å². The van der Waals surface area contributed by atoms with E-state index in [1.807, 2.05) is 42.5 Å². The van der Waals surface area contributed by atoms with E-state index in [2.05, 4.69) is 27.0 Å². The number of rotatable bonds is 6. The van der Waals surface area contributed by atoms with E-state index in [1.54, 1.807) is 7.05 Å². The Bertz CT molecular complexity index is 746. The van der Waals surface area contributed by atoms with Gasteiger partial charge in [0.2, 0.25) is 5.91 Å². The number of hydrogen-bond acceptors (Lipinski definition) is 2. The Morgan fingerprint density at radius 1 is 1.08 bits per heavy atom. The molecule has 0 saturated carbocycles. The highest BCUT2D eigenvalue weighted by atomic mass is 35.5. The zero-order chi connectivity index (χ0) is 18.1. The third kappa shape index (κ3) is 6.85. The molecule has 2 aromatic carbocycles. The lowest BCUT2D eigenvalue weighted by Crippen LogP contribution is -2.37. The van der Waals surface area contributed by atoms with Crippen molar-refractivity contribution < 1.29 is 4.79 Å². The highest BCUT2D eigenvalue weighted by molar-refractivity contribution is 6.30. The first-order valence-corrected chi connectivity index (χ1v) is 8.50. The van der Waals surface area contributed by atoms with E-state index < -0.39 is 0 Å². The molecule has 0 aliphatic carbocycles. The lowest BCUT2D eigenvalue weighted by molar-refractivity contribution is -0.114. The quantitative estimate of drug-likeness (QED) is 0.548. The summed E-state index contributed by atoms with van der Waals surface area (Å²) < 4.78 is 0. The Hall–Kier alpha value is -2.53. The number of carbonyl (C=O) groups is 1. The Labute approximate surface area is 153 Å². The van der Waals surface area contributed by atoms with Gasteiger partial charge in [-0.1, -0.05) is 35.9 Å². The van der Waals surface area contributed by atoms with Gasteiger partial charge in [-0.05, 0) is 41.8 Å². The van der Waals surface area contributed by atoms with Crippen molar-refractivity contribution in [1.82, 2.24) is 10.6 Å². The molecule has 2 aromatic rings. The van der Waals surface area contributed by atoms with E-state index in [4.69, 9.17) is 11.6 Å². The lowest BCUT2D eigenvalue weighted by atomic mass is 10.1. The molecule has 2 rings (SSSR count). The number of amides is 1. The highest BCUT2D eigenvalue weighted by Gasteiger charge is 2.01. The third-order valence-electron chi connectivity index (χ3n) is 3.53. The smallest absolute Gasteiger partial charge is 0.221 e. The van der Waals surface area contributed by atoms with Crippen LogP contribution in [0.5, 0.6) is 0 Å². The number of anilines is 1. The van der Waals surface area contributed by atoms with Gasteiger partial charge in [0, 0.05) is 37.8 Å². The van der Waals surface area contributed by atoms with Crippen LogP contribution >= 0.6 is 11.6 Å². The topological polar surface area (TPSA) is 65.5 Å². The Kier molecular flexibility index (Phi) is 7.29. The molecule has 132 valence electrons. The SMILES string of the molecule is CN=C(NCCc1cccc(Cl)c1)NCc1cccc(NC(C)=O)c1. The number of aliphatic imine (C=N–C) groups is 1. The Morgan fingerprint density at radius 2 is 1.84 bits per heavy atom. The largest absolute Gasteiger partial charge is 0.356 e. The number of nitrogens with zero attached hydrogens (tertiary/aromatic N) is 1. The number of guanidine groups is 1. The van der Waals surface area contributed by atoms with Crippen molar-refractivity contribution in [3.63, 3.8) is 0 Å². The van der Waals surface area contributed by atoms with E-state index in [0.717, 1.165) is 35.2 Å². The van der Waals surface area contributed by atoms with Gasteiger partial charge in [-0.25, -0.2) is 0 Å². The highest BCUT2D eigenvalue weighted by Crippen LogP contribution is 2.11. The molecule has 0 aromatic heterocycles. The van der Waals surface area contributed by atoms with Gasteiger partial charge in [0.25, 0.3) is 0 Å². The maximum Gasteiger partial charge on any atom is 0.221 e. The summed E-state index contributed by atoms with van der Waals surface area (Å²) in [6.07, 6.45) is 0.860. The predicted octanol–water partition coefficient (Wildman–Crippen LogP) is 3.21. The van der Waals surface area contributed by atoms with Crippen molar-refractivity contribution >= 4 is 29.2 Å². The number of carbonyl (C=O) groups excluding carboxylic acids is 1. The summed E-state index contributed by atoms with van der Waals surface area (Å²) in [6.45, 7) is 2.87. The van der Waals surface area contributed by atoms with Crippen LogP contribution in [-0.4, -0.2) is 25.5 Å². The second kappa shape index (κ2) is 9.69. The summed E-state index contributed by atoms with van der Waals surface area (Å²) in [6, 6.07) is 15.6. The molecule has 0 bridgehead atoms. The van der Waals surface area contributed by atoms with Gasteiger partial charge in [0.05, 0.1) is 0 Å². The van der Waals surface area contributed by atoms with Crippen LogP contribution in [0.4, 0.5) is 5.69 Å². The number of nitrogens with one attached hydrogen (secondary N) is 3.